The van der Waals surface area contributed by atoms with Gasteiger partial charge in [-0.15, -0.1) is 23.1 Å². The number of hydrogen-bond acceptors (Lipinski definition) is 12. The average molecular weight is 710 g/mol. The lowest BCUT2D eigenvalue weighted by Gasteiger charge is -2.49. The zero-order chi connectivity index (χ0) is 34.4. The average Bonchev–Trinajstić information content (AvgIpc) is 3.49. The van der Waals surface area contributed by atoms with Crippen LogP contribution in [0.25, 0.3) is 0 Å². The Kier molecular flexibility index (Phi) is 10.9. The molecule has 250 valence electrons. The second-order valence-electron chi connectivity index (χ2n) is 11.5. The molecule has 2 aliphatic heterocycles. The van der Waals surface area contributed by atoms with Gasteiger partial charge < -0.3 is 25.4 Å². The number of amides is 2. The number of nitrogens with one attached hydrogen (secondary N) is 1. The molecule has 0 saturated carbocycles. The van der Waals surface area contributed by atoms with Gasteiger partial charge in [0, 0.05) is 16.7 Å². The van der Waals surface area contributed by atoms with Crippen LogP contribution in [0.3, 0.4) is 0 Å². The van der Waals surface area contributed by atoms with E-state index in [-0.39, 0.29) is 22.2 Å². The van der Waals surface area contributed by atoms with Crippen LogP contribution in [0.15, 0.2) is 94.1 Å². The summed E-state index contributed by atoms with van der Waals surface area (Å²) in [6.07, 6.45) is 0.790. The molecule has 1 unspecified atom stereocenters. The number of carbonyl (C=O) groups excluding carboxylic acids is 4. The maximum atomic E-state index is 13.9. The number of nitrogens with zero attached hydrogens (tertiary/aromatic N) is 3. The highest BCUT2D eigenvalue weighted by Crippen LogP contribution is 2.42. The Balaban J connectivity index is 1.35. The smallest absolute Gasteiger partial charge is 0.356 e. The van der Waals surface area contributed by atoms with Crippen LogP contribution in [0.5, 0.6) is 0 Å². The number of thiazole rings is 1. The first-order chi connectivity index (χ1) is 23.0. The van der Waals surface area contributed by atoms with E-state index in [1.54, 1.807) is 26.8 Å². The van der Waals surface area contributed by atoms with Crippen LogP contribution in [0.1, 0.15) is 43.7 Å². The van der Waals surface area contributed by atoms with E-state index in [1.165, 1.54) is 27.6 Å². The topological polar surface area (TPSA) is 163 Å². The molecule has 3 N–H and O–H groups in total. The number of fused-ring (bicyclic) bond motifs is 1. The summed E-state index contributed by atoms with van der Waals surface area (Å²) in [4.78, 5) is 63.7. The molecule has 3 aromatic rings. The summed E-state index contributed by atoms with van der Waals surface area (Å²) in [7, 11) is 0. The van der Waals surface area contributed by atoms with Crippen LogP contribution in [0, 0.1) is 0 Å². The third-order valence-corrected chi connectivity index (χ3v) is 9.01. The molecule has 2 amide bonds. The van der Waals surface area contributed by atoms with Crippen molar-refractivity contribution in [3.05, 3.63) is 106 Å². The molecule has 3 heterocycles. The Morgan fingerprint density at radius 1 is 1.12 bits per heavy atom. The fourth-order valence-electron chi connectivity index (χ4n) is 4.91. The molecule has 0 aliphatic carbocycles. The second kappa shape index (κ2) is 15.0. The molecule has 5 rings (SSSR count). The Labute approximate surface area is 289 Å². The van der Waals surface area contributed by atoms with Gasteiger partial charge in [0.15, 0.2) is 16.9 Å². The fourth-order valence-corrected chi connectivity index (χ4v) is 6.93. The molecule has 1 aromatic heterocycles. The lowest BCUT2D eigenvalue weighted by molar-refractivity contribution is -0.160. The largest absolute Gasteiger partial charge is 0.457 e. The third kappa shape index (κ3) is 8.06. The van der Waals surface area contributed by atoms with Gasteiger partial charge in [-0.1, -0.05) is 77.4 Å². The molecule has 0 bridgehead atoms. The number of halogens is 1. The second-order valence-corrected chi connectivity index (χ2v) is 13.8. The van der Waals surface area contributed by atoms with Crippen molar-refractivity contribution >= 4 is 69.3 Å². The Morgan fingerprint density at radius 3 is 2.33 bits per heavy atom. The van der Waals surface area contributed by atoms with Crippen LogP contribution in [0.4, 0.5) is 5.13 Å². The van der Waals surface area contributed by atoms with E-state index in [2.05, 4.69) is 15.5 Å². The number of benzene rings is 2. The van der Waals surface area contributed by atoms with E-state index < -0.39 is 53.5 Å². The number of allylic oxidation sites excluding steroid dienone is 1. The van der Waals surface area contributed by atoms with Crippen molar-refractivity contribution in [3.63, 3.8) is 0 Å². The number of aromatic nitrogens is 1. The lowest BCUT2D eigenvalue weighted by Crippen LogP contribution is -2.71. The van der Waals surface area contributed by atoms with E-state index >= 15 is 0 Å². The summed E-state index contributed by atoms with van der Waals surface area (Å²) in [5.41, 5.74) is 8.10. The molecule has 2 aromatic carbocycles. The molecule has 2 aliphatic rings. The molecule has 15 heteroatoms. The van der Waals surface area contributed by atoms with Crippen molar-refractivity contribution in [1.29, 1.82) is 0 Å². The van der Waals surface area contributed by atoms with E-state index in [4.69, 9.17) is 31.6 Å². The number of thioether (sulfide) groups is 1. The molecule has 0 spiro atoms. The number of oxime groups is 1. The van der Waals surface area contributed by atoms with E-state index in [0.717, 1.165) is 22.5 Å². The van der Waals surface area contributed by atoms with Crippen LogP contribution < -0.4 is 11.1 Å². The maximum absolute atomic E-state index is 13.9. The summed E-state index contributed by atoms with van der Waals surface area (Å²) < 4.78 is 11.3. The molecule has 48 heavy (non-hydrogen) atoms. The van der Waals surface area contributed by atoms with Gasteiger partial charge >= 0.3 is 11.9 Å². The summed E-state index contributed by atoms with van der Waals surface area (Å²) in [6.45, 7) is 4.54. The fraction of sp³-hybridized carbons (Fsp3) is 0.273. The minimum Gasteiger partial charge on any atom is -0.457 e. The Morgan fingerprint density at radius 2 is 1.77 bits per heavy atom. The van der Waals surface area contributed by atoms with Crippen LogP contribution in [-0.2, 0) is 33.5 Å². The van der Waals surface area contributed by atoms with E-state index in [9.17, 15) is 19.2 Å². The van der Waals surface area contributed by atoms with Gasteiger partial charge in [-0.25, -0.2) is 14.6 Å². The minimum absolute atomic E-state index is 0.0323. The number of hydrogen-bond donors (Lipinski definition) is 2. The molecule has 2 atom stereocenters. The normalized spacial score (nSPS) is 18.0. The van der Waals surface area contributed by atoms with Gasteiger partial charge in [-0.3, -0.25) is 14.5 Å². The van der Waals surface area contributed by atoms with Crippen molar-refractivity contribution < 1.29 is 33.5 Å². The summed E-state index contributed by atoms with van der Waals surface area (Å²) in [5, 5.41) is 7.53. The first kappa shape index (κ1) is 34.7. The van der Waals surface area contributed by atoms with Crippen molar-refractivity contribution in [2.45, 2.75) is 43.9 Å². The van der Waals surface area contributed by atoms with Gasteiger partial charge in [-0.2, -0.15) is 0 Å². The predicted octanol–water partition coefficient (Wildman–Crippen LogP) is 4.53. The monoisotopic (exact) mass is 709 g/mol. The molecule has 12 nitrogen and oxygen atoms in total. The number of carbonyl (C=O) groups is 4. The first-order valence-electron chi connectivity index (χ1n) is 14.7. The van der Waals surface area contributed by atoms with Gasteiger partial charge in [0.05, 0.1) is 0 Å². The van der Waals surface area contributed by atoms with Crippen molar-refractivity contribution in [2.75, 3.05) is 18.1 Å². The number of anilines is 1. The van der Waals surface area contributed by atoms with Crippen molar-refractivity contribution in [1.82, 2.24) is 15.2 Å². The highest BCUT2D eigenvalue weighted by Gasteiger charge is 2.54. The number of β-lactam (4-membered cyclic amide) rings is 1. The van der Waals surface area contributed by atoms with Gasteiger partial charge in [-0.05, 0) is 43.5 Å². The highest BCUT2D eigenvalue weighted by atomic mass is 35.5. The van der Waals surface area contributed by atoms with Gasteiger partial charge in [0.1, 0.15) is 28.4 Å². The van der Waals surface area contributed by atoms with Crippen molar-refractivity contribution in [2.24, 2.45) is 5.16 Å². The number of rotatable bonds is 11. The first-order valence-corrected chi connectivity index (χ1v) is 17.0. The third-order valence-electron chi connectivity index (χ3n) is 6.91. The van der Waals surface area contributed by atoms with Gasteiger partial charge in [0.2, 0.25) is 6.61 Å². The SMILES string of the molecule is CC(C)(C)OC(=O)CON=C(C(=O)NC1C(=O)N2C(C(=O)OC(c3ccccc3)c3ccccc3)=C(/C=C/Cl)CS[C@@H]12)c1csc(N)n1. The van der Waals surface area contributed by atoms with Crippen LogP contribution >= 0.6 is 34.7 Å². The standard InChI is InChI=1S/C33H32ClN5O7S2/c1-33(2,3)46-23(40)16-44-38-24(22-18-48-32(35)36-22)28(41)37-25-29(42)39-26(21(14-15-34)17-47-30(25)39)31(43)45-27(19-10-6-4-7-11-19)20-12-8-5-9-13-20/h4-15,18,25,27,30H,16-17H2,1-3H3,(H2,35,36)(H,37,41)/b15-14+,38-24?/t25?,30-/m0/s1. The van der Waals surface area contributed by atoms with Gasteiger partial charge in [0.25, 0.3) is 11.8 Å². The molecule has 1 saturated heterocycles. The lowest BCUT2D eigenvalue weighted by atomic mass is 10.0. The predicted molar refractivity (Wildman–Crippen MR) is 183 cm³/mol. The molecule has 1 fully saturated rings. The molecular formula is C33H32ClN5O7S2. The summed E-state index contributed by atoms with van der Waals surface area (Å²) in [5.74, 6) is -2.46. The van der Waals surface area contributed by atoms with E-state index in [0.29, 0.717) is 11.3 Å². The molecular weight excluding hydrogens is 678 g/mol. The zero-order valence-electron chi connectivity index (χ0n) is 26.1. The Hall–Kier alpha value is -4.66. The minimum atomic E-state index is -1.03. The summed E-state index contributed by atoms with van der Waals surface area (Å²) in [6, 6.07) is 17.5. The zero-order valence-corrected chi connectivity index (χ0v) is 28.5. The Bertz CT molecular complexity index is 1730. The quantitative estimate of drug-likeness (QED) is 0.125. The number of esters is 2. The van der Waals surface area contributed by atoms with Crippen molar-refractivity contribution in [3.8, 4) is 0 Å². The van der Waals surface area contributed by atoms with Crippen LogP contribution in [0.2, 0.25) is 0 Å². The number of nitrogens with two attached hydrogens (primary N) is 1. The highest BCUT2D eigenvalue weighted by molar-refractivity contribution is 8.00. The number of nitrogen functional groups attached to an aromatic ring is 1. The maximum Gasteiger partial charge on any atom is 0.356 e. The van der Waals surface area contributed by atoms with Crippen LogP contribution in [-0.4, -0.2) is 68.7 Å². The van der Waals surface area contributed by atoms with E-state index in [1.807, 2.05) is 60.7 Å². The number of ether oxygens (including phenoxy) is 2. The molecule has 0 radical (unpaired) electrons. The summed E-state index contributed by atoms with van der Waals surface area (Å²) >= 11 is 8.33.